The molecular formula is C23H22N6O. The average molecular weight is 398 g/mol. The van der Waals surface area contributed by atoms with Crippen molar-refractivity contribution in [3.05, 3.63) is 72.7 Å². The Balaban J connectivity index is 1.33. The van der Waals surface area contributed by atoms with E-state index < -0.39 is 0 Å². The maximum atomic E-state index is 13.2. The van der Waals surface area contributed by atoms with Gasteiger partial charge in [0.05, 0.1) is 0 Å². The summed E-state index contributed by atoms with van der Waals surface area (Å²) in [7, 11) is 0. The summed E-state index contributed by atoms with van der Waals surface area (Å²) in [5, 5.41) is 1.95. The van der Waals surface area contributed by atoms with Gasteiger partial charge in [-0.05, 0) is 42.7 Å². The molecule has 150 valence electrons. The summed E-state index contributed by atoms with van der Waals surface area (Å²) >= 11 is 0. The molecule has 4 aromatic rings. The molecule has 0 spiro atoms. The third kappa shape index (κ3) is 3.66. The number of nitrogens with one attached hydrogen (secondary N) is 1. The van der Waals surface area contributed by atoms with Crippen molar-refractivity contribution in [1.29, 1.82) is 0 Å². The fourth-order valence-corrected chi connectivity index (χ4v) is 4.20. The molecule has 1 fully saturated rings. The lowest BCUT2D eigenvalue weighted by atomic mass is 9.92. The lowest BCUT2D eigenvalue weighted by Crippen LogP contribution is -2.41. The predicted octanol–water partition coefficient (Wildman–Crippen LogP) is 3.51. The van der Waals surface area contributed by atoms with Crippen molar-refractivity contribution in [1.82, 2.24) is 29.8 Å². The lowest BCUT2D eigenvalue weighted by molar-refractivity contribution is 0.0669. The maximum Gasteiger partial charge on any atom is 0.273 e. The molecule has 1 aliphatic rings. The van der Waals surface area contributed by atoms with E-state index in [1.54, 1.807) is 24.9 Å². The largest absolute Gasteiger partial charge is 0.343 e. The molecule has 1 aliphatic heterocycles. The fraction of sp³-hybridized carbons (Fsp3) is 0.261. The molecule has 1 saturated heterocycles. The van der Waals surface area contributed by atoms with Crippen LogP contribution in [0.2, 0.25) is 0 Å². The molecule has 1 N–H and O–H groups in total. The van der Waals surface area contributed by atoms with E-state index in [2.05, 4.69) is 24.9 Å². The van der Waals surface area contributed by atoms with Crippen molar-refractivity contribution in [2.75, 3.05) is 13.1 Å². The number of piperidine rings is 1. The number of carbonyl (C=O) groups excluding carboxylic acids is 1. The van der Waals surface area contributed by atoms with E-state index in [1.165, 1.54) is 0 Å². The molecule has 4 heterocycles. The average Bonchev–Trinajstić information content (AvgIpc) is 3.34. The van der Waals surface area contributed by atoms with Gasteiger partial charge in [-0.2, -0.15) is 0 Å². The number of carbonyl (C=O) groups is 1. The zero-order valence-electron chi connectivity index (χ0n) is 16.5. The highest BCUT2D eigenvalue weighted by molar-refractivity contribution is 6.05. The van der Waals surface area contributed by atoms with Crippen LogP contribution >= 0.6 is 0 Å². The van der Waals surface area contributed by atoms with Gasteiger partial charge in [0.25, 0.3) is 5.91 Å². The molecular weight excluding hydrogens is 376 g/mol. The standard InChI is InChI=1S/C23H22N6O/c30-23(21-19-6-2-1-5-17(19)7-8-24-21)29-11-3-4-16(14-29)12-18-13-20(28-15-27-18)22-25-9-10-26-22/h1-2,5-10,13,15-16H,3-4,11-12,14H2,(H,25,26). The van der Waals surface area contributed by atoms with Crippen LogP contribution in [0.1, 0.15) is 29.0 Å². The highest BCUT2D eigenvalue weighted by Crippen LogP contribution is 2.24. The Morgan fingerprint density at radius 2 is 2.03 bits per heavy atom. The van der Waals surface area contributed by atoms with Crippen LogP contribution in [0.3, 0.4) is 0 Å². The first-order valence-corrected chi connectivity index (χ1v) is 10.2. The van der Waals surface area contributed by atoms with Crippen molar-refractivity contribution in [3.63, 3.8) is 0 Å². The van der Waals surface area contributed by atoms with Crippen molar-refractivity contribution in [2.45, 2.75) is 19.3 Å². The summed E-state index contributed by atoms with van der Waals surface area (Å²) in [5.74, 6) is 1.11. The first-order chi connectivity index (χ1) is 14.8. The zero-order valence-corrected chi connectivity index (χ0v) is 16.5. The van der Waals surface area contributed by atoms with Crippen LogP contribution < -0.4 is 0 Å². The quantitative estimate of drug-likeness (QED) is 0.568. The number of likely N-dealkylation sites (tertiary alicyclic amines) is 1. The van der Waals surface area contributed by atoms with Gasteiger partial charge in [-0.1, -0.05) is 24.3 Å². The first kappa shape index (κ1) is 18.4. The van der Waals surface area contributed by atoms with Crippen LogP contribution in [0.5, 0.6) is 0 Å². The molecule has 0 bridgehead atoms. The predicted molar refractivity (Wildman–Crippen MR) is 114 cm³/mol. The van der Waals surface area contributed by atoms with E-state index in [0.29, 0.717) is 18.2 Å². The van der Waals surface area contributed by atoms with Crippen LogP contribution in [0, 0.1) is 5.92 Å². The van der Waals surface area contributed by atoms with Crippen molar-refractivity contribution in [3.8, 4) is 11.5 Å². The highest BCUT2D eigenvalue weighted by atomic mass is 16.2. The molecule has 0 saturated carbocycles. The van der Waals surface area contributed by atoms with E-state index in [0.717, 1.165) is 53.8 Å². The molecule has 1 aromatic carbocycles. The number of nitrogens with zero attached hydrogens (tertiary/aromatic N) is 5. The van der Waals surface area contributed by atoms with E-state index in [9.17, 15) is 4.79 Å². The molecule has 30 heavy (non-hydrogen) atoms. The number of H-pyrrole nitrogens is 1. The van der Waals surface area contributed by atoms with Gasteiger partial charge in [0.2, 0.25) is 0 Å². The van der Waals surface area contributed by atoms with Gasteiger partial charge in [0, 0.05) is 42.8 Å². The Morgan fingerprint density at radius 1 is 1.10 bits per heavy atom. The number of aromatic nitrogens is 5. The normalized spacial score (nSPS) is 16.7. The summed E-state index contributed by atoms with van der Waals surface area (Å²) in [6.07, 6.45) is 9.66. The number of hydrogen-bond donors (Lipinski definition) is 1. The molecule has 0 radical (unpaired) electrons. The minimum Gasteiger partial charge on any atom is -0.343 e. The molecule has 1 amide bonds. The number of benzene rings is 1. The van der Waals surface area contributed by atoms with E-state index >= 15 is 0 Å². The van der Waals surface area contributed by atoms with E-state index in [4.69, 9.17) is 0 Å². The maximum absolute atomic E-state index is 13.2. The van der Waals surface area contributed by atoms with Crippen molar-refractivity contribution < 1.29 is 4.79 Å². The van der Waals surface area contributed by atoms with Gasteiger partial charge in [0.15, 0.2) is 5.82 Å². The number of aromatic amines is 1. The minimum atomic E-state index is 0.00969. The molecule has 3 aromatic heterocycles. The van der Waals surface area contributed by atoms with Crippen LogP contribution in [0.25, 0.3) is 22.3 Å². The second-order valence-corrected chi connectivity index (χ2v) is 7.68. The topological polar surface area (TPSA) is 87.7 Å². The van der Waals surface area contributed by atoms with Gasteiger partial charge >= 0.3 is 0 Å². The Labute approximate surface area is 174 Å². The number of pyridine rings is 1. The Morgan fingerprint density at radius 3 is 2.93 bits per heavy atom. The number of hydrogen-bond acceptors (Lipinski definition) is 5. The smallest absolute Gasteiger partial charge is 0.273 e. The zero-order chi connectivity index (χ0) is 20.3. The SMILES string of the molecule is O=C(c1nccc2ccccc12)N1CCCC(Cc2cc(-c3ncc[nH]3)ncn2)C1. The lowest BCUT2D eigenvalue weighted by Gasteiger charge is -2.32. The number of amides is 1. The third-order valence-electron chi connectivity index (χ3n) is 5.64. The van der Waals surface area contributed by atoms with Crippen LogP contribution in [0.15, 0.2) is 61.3 Å². The fourth-order valence-electron chi connectivity index (χ4n) is 4.20. The summed E-state index contributed by atoms with van der Waals surface area (Å²) < 4.78 is 0. The molecule has 7 heteroatoms. The van der Waals surface area contributed by atoms with Gasteiger partial charge in [-0.3, -0.25) is 9.78 Å². The Bertz CT molecular complexity index is 1170. The molecule has 0 aliphatic carbocycles. The first-order valence-electron chi connectivity index (χ1n) is 10.2. The van der Waals surface area contributed by atoms with E-state index in [-0.39, 0.29) is 5.91 Å². The third-order valence-corrected chi connectivity index (χ3v) is 5.64. The van der Waals surface area contributed by atoms with Gasteiger partial charge in [-0.15, -0.1) is 0 Å². The summed E-state index contributed by atoms with van der Waals surface area (Å²) in [6, 6.07) is 11.8. The summed E-state index contributed by atoms with van der Waals surface area (Å²) in [5.41, 5.74) is 2.29. The molecule has 1 unspecified atom stereocenters. The minimum absolute atomic E-state index is 0.00969. The second-order valence-electron chi connectivity index (χ2n) is 7.68. The summed E-state index contributed by atoms with van der Waals surface area (Å²) in [4.78, 5) is 35.7. The number of imidazole rings is 1. The second kappa shape index (κ2) is 8.02. The molecule has 1 atom stereocenters. The van der Waals surface area contributed by atoms with Crippen LogP contribution in [-0.4, -0.2) is 48.8 Å². The van der Waals surface area contributed by atoms with Crippen molar-refractivity contribution in [2.24, 2.45) is 5.92 Å². The monoisotopic (exact) mass is 398 g/mol. The van der Waals surface area contributed by atoms with Crippen molar-refractivity contribution >= 4 is 16.7 Å². The van der Waals surface area contributed by atoms with Gasteiger partial charge in [0.1, 0.15) is 17.7 Å². The van der Waals surface area contributed by atoms with E-state index in [1.807, 2.05) is 41.3 Å². The van der Waals surface area contributed by atoms with Crippen LogP contribution in [-0.2, 0) is 6.42 Å². The van der Waals surface area contributed by atoms with Crippen LogP contribution in [0.4, 0.5) is 0 Å². The number of fused-ring (bicyclic) bond motifs is 1. The molecule has 7 nitrogen and oxygen atoms in total. The number of rotatable bonds is 4. The Hall–Kier alpha value is -3.61. The van der Waals surface area contributed by atoms with Gasteiger partial charge < -0.3 is 9.88 Å². The Kier molecular flexibility index (Phi) is 4.93. The summed E-state index contributed by atoms with van der Waals surface area (Å²) in [6.45, 7) is 1.48. The highest BCUT2D eigenvalue weighted by Gasteiger charge is 2.26. The van der Waals surface area contributed by atoms with Gasteiger partial charge in [-0.25, -0.2) is 15.0 Å². The molecule has 5 rings (SSSR count).